The second-order valence-corrected chi connectivity index (χ2v) is 9.15. The average Bonchev–Trinajstić information content (AvgIpc) is 3.18. The number of hydrogen-bond acceptors (Lipinski definition) is 8. The molecular weight excluding hydrogens is 408 g/mol. The number of nitrogens with one attached hydrogen (secondary N) is 1. The van der Waals surface area contributed by atoms with Crippen molar-refractivity contribution in [3.8, 4) is 17.4 Å². The quantitative estimate of drug-likeness (QED) is 0.598. The van der Waals surface area contributed by atoms with E-state index in [4.69, 9.17) is 14.2 Å². The molecule has 32 heavy (non-hydrogen) atoms. The number of hydrogen-bond donors (Lipinski definition) is 1. The van der Waals surface area contributed by atoms with E-state index >= 15 is 0 Å². The Morgan fingerprint density at radius 1 is 1.28 bits per heavy atom. The number of carbonyl (C=O) groups is 1. The molecule has 0 aliphatic heterocycles. The lowest BCUT2D eigenvalue weighted by molar-refractivity contribution is -0.122. The molecule has 9 heteroatoms. The van der Waals surface area contributed by atoms with Crippen LogP contribution in [0.1, 0.15) is 63.6 Å². The molecule has 3 aromatic heterocycles. The fourth-order valence-electron chi connectivity index (χ4n) is 3.93. The Labute approximate surface area is 187 Å². The van der Waals surface area contributed by atoms with Crippen molar-refractivity contribution in [2.24, 2.45) is 5.41 Å². The van der Waals surface area contributed by atoms with Gasteiger partial charge in [-0.3, -0.25) is 9.78 Å². The van der Waals surface area contributed by atoms with Crippen LogP contribution < -0.4 is 10.1 Å². The molecule has 0 bridgehead atoms. The molecule has 168 valence electrons. The Kier molecular flexibility index (Phi) is 6.16. The van der Waals surface area contributed by atoms with E-state index in [2.05, 4.69) is 39.3 Å². The van der Waals surface area contributed by atoms with Crippen molar-refractivity contribution in [3.63, 3.8) is 0 Å². The average molecular weight is 437 g/mol. The summed E-state index contributed by atoms with van der Waals surface area (Å²) in [6.45, 7) is 8.21. The van der Waals surface area contributed by atoms with Gasteiger partial charge in [-0.05, 0) is 37.3 Å². The minimum absolute atomic E-state index is 0.00699. The first kappa shape index (κ1) is 21.9. The van der Waals surface area contributed by atoms with Gasteiger partial charge in [-0.2, -0.15) is 0 Å². The first-order chi connectivity index (χ1) is 15.3. The molecule has 1 N–H and O–H groups in total. The number of nitrogens with zero attached hydrogens (tertiary/aromatic N) is 5. The lowest BCUT2D eigenvalue weighted by Gasteiger charge is -2.36. The zero-order valence-electron chi connectivity index (χ0n) is 18.8. The molecule has 1 aliphatic carbocycles. The van der Waals surface area contributed by atoms with E-state index in [0.29, 0.717) is 36.0 Å². The Morgan fingerprint density at radius 3 is 2.88 bits per heavy atom. The normalized spacial score (nSPS) is 17.1. The zero-order valence-corrected chi connectivity index (χ0v) is 18.8. The predicted molar refractivity (Wildman–Crippen MR) is 117 cm³/mol. The summed E-state index contributed by atoms with van der Waals surface area (Å²) in [5, 5.41) is 7.04. The van der Waals surface area contributed by atoms with Crippen molar-refractivity contribution >= 4 is 5.91 Å². The van der Waals surface area contributed by atoms with Gasteiger partial charge in [0.05, 0.1) is 24.0 Å². The van der Waals surface area contributed by atoms with Crippen LogP contribution in [0.25, 0.3) is 11.5 Å². The topological polar surface area (TPSA) is 116 Å². The van der Waals surface area contributed by atoms with Crippen molar-refractivity contribution in [1.82, 2.24) is 30.4 Å². The van der Waals surface area contributed by atoms with Crippen molar-refractivity contribution in [2.75, 3.05) is 0 Å². The van der Waals surface area contributed by atoms with Crippen molar-refractivity contribution in [3.05, 3.63) is 47.9 Å². The fraction of sp³-hybridized carbons (Fsp3) is 0.478. The van der Waals surface area contributed by atoms with Crippen molar-refractivity contribution in [2.45, 2.75) is 65.5 Å². The van der Waals surface area contributed by atoms with Gasteiger partial charge in [0.25, 0.3) is 5.88 Å². The summed E-state index contributed by atoms with van der Waals surface area (Å²) in [7, 11) is 0. The highest BCUT2D eigenvalue weighted by molar-refractivity contribution is 5.76. The van der Waals surface area contributed by atoms with E-state index in [0.717, 1.165) is 24.1 Å². The van der Waals surface area contributed by atoms with E-state index in [-0.39, 0.29) is 23.5 Å². The SMILES string of the molecule is CC(C)Oc1cc(CCC(=O)N[C@@H]2CC(C)(C)Cc3nc(-c4cnccn4)ncc32)on1. The van der Waals surface area contributed by atoms with Crippen LogP contribution in [0.15, 0.2) is 35.4 Å². The summed E-state index contributed by atoms with van der Waals surface area (Å²) in [5.74, 6) is 1.55. The number of fused-ring (bicyclic) bond motifs is 1. The summed E-state index contributed by atoms with van der Waals surface area (Å²) in [4.78, 5) is 30.3. The molecule has 0 aromatic carbocycles. The van der Waals surface area contributed by atoms with Gasteiger partial charge in [0, 0.05) is 43.1 Å². The van der Waals surface area contributed by atoms with Crippen LogP contribution >= 0.6 is 0 Å². The first-order valence-electron chi connectivity index (χ1n) is 10.8. The lowest BCUT2D eigenvalue weighted by Crippen LogP contribution is -2.37. The highest BCUT2D eigenvalue weighted by Gasteiger charge is 2.34. The number of aromatic nitrogens is 5. The molecule has 0 spiro atoms. The van der Waals surface area contributed by atoms with Gasteiger partial charge in [-0.25, -0.2) is 15.0 Å². The summed E-state index contributed by atoms with van der Waals surface area (Å²) >= 11 is 0. The second-order valence-electron chi connectivity index (χ2n) is 9.15. The van der Waals surface area contributed by atoms with E-state index in [9.17, 15) is 4.79 Å². The highest BCUT2D eigenvalue weighted by atomic mass is 16.5. The maximum absolute atomic E-state index is 12.7. The molecule has 3 heterocycles. The van der Waals surface area contributed by atoms with E-state index < -0.39 is 0 Å². The summed E-state index contributed by atoms with van der Waals surface area (Å²) in [5.41, 5.74) is 2.52. The van der Waals surface area contributed by atoms with Crippen molar-refractivity contribution in [1.29, 1.82) is 0 Å². The van der Waals surface area contributed by atoms with Gasteiger partial charge in [-0.15, -0.1) is 0 Å². The smallest absolute Gasteiger partial charge is 0.254 e. The number of carbonyl (C=O) groups excluding carboxylic acids is 1. The van der Waals surface area contributed by atoms with Gasteiger partial charge in [0.15, 0.2) is 5.82 Å². The van der Waals surface area contributed by atoms with Crippen molar-refractivity contribution < 1.29 is 14.1 Å². The van der Waals surface area contributed by atoms with Crippen LogP contribution in [0.5, 0.6) is 5.88 Å². The Hall–Kier alpha value is -3.36. The van der Waals surface area contributed by atoms with Crippen LogP contribution in [-0.4, -0.2) is 37.1 Å². The highest BCUT2D eigenvalue weighted by Crippen LogP contribution is 2.40. The van der Waals surface area contributed by atoms with E-state index in [1.54, 1.807) is 30.9 Å². The summed E-state index contributed by atoms with van der Waals surface area (Å²) in [6.07, 6.45) is 9.07. The standard InChI is InChI=1S/C23H28N6O3/c1-14(2)31-21-9-15(32-29-21)5-6-20(30)27-17-10-23(3,4)11-18-16(17)12-26-22(28-18)19-13-24-7-8-25-19/h7-9,12-14,17H,5-6,10-11H2,1-4H3,(H,27,30)/t17-/m1/s1. The van der Waals surface area contributed by atoms with Gasteiger partial charge in [0.1, 0.15) is 11.5 Å². The van der Waals surface area contributed by atoms with Gasteiger partial charge in [0.2, 0.25) is 5.91 Å². The predicted octanol–water partition coefficient (Wildman–Crippen LogP) is 3.47. The summed E-state index contributed by atoms with van der Waals surface area (Å²) in [6, 6.07) is 1.58. The molecule has 0 saturated heterocycles. The molecule has 1 aliphatic rings. The molecule has 0 radical (unpaired) electrons. The van der Waals surface area contributed by atoms with Crippen LogP contribution in [0.3, 0.4) is 0 Å². The molecular formula is C23H28N6O3. The zero-order chi connectivity index (χ0) is 22.7. The third kappa shape index (κ3) is 5.27. The molecule has 9 nitrogen and oxygen atoms in total. The molecule has 3 aromatic rings. The molecule has 4 rings (SSSR count). The largest absolute Gasteiger partial charge is 0.473 e. The van der Waals surface area contributed by atoms with Crippen LogP contribution in [0.2, 0.25) is 0 Å². The van der Waals surface area contributed by atoms with E-state index in [1.165, 1.54) is 0 Å². The molecule has 1 amide bonds. The van der Waals surface area contributed by atoms with Gasteiger partial charge in [-0.1, -0.05) is 13.8 Å². The number of rotatable bonds is 7. The Balaban J connectivity index is 1.44. The summed E-state index contributed by atoms with van der Waals surface area (Å²) < 4.78 is 10.8. The third-order valence-electron chi connectivity index (χ3n) is 5.30. The van der Waals surface area contributed by atoms with Crippen LogP contribution in [-0.2, 0) is 17.6 Å². The monoisotopic (exact) mass is 436 g/mol. The maximum Gasteiger partial charge on any atom is 0.254 e. The third-order valence-corrected chi connectivity index (χ3v) is 5.30. The van der Waals surface area contributed by atoms with Gasteiger partial charge < -0.3 is 14.6 Å². The molecule has 0 fully saturated rings. The number of amides is 1. The Morgan fingerprint density at radius 2 is 2.12 bits per heavy atom. The molecule has 0 saturated carbocycles. The van der Waals surface area contributed by atoms with Crippen LogP contribution in [0, 0.1) is 5.41 Å². The van der Waals surface area contributed by atoms with E-state index in [1.807, 2.05) is 13.8 Å². The second kappa shape index (κ2) is 9.02. The fourth-order valence-corrected chi connectivity index (χ4v) is 3.93. The molecule has 1 atom stereocenters. The minimum Gasteiger partial charge on any atom is -0.473 e. The lowest BCUT2D eigenvalue weighted by atomic mass is 9.74. The first-order valence-corrected chi connectivity index (χ1v) is 10.8. The maximum atomic E-state index is 12.7. The van der Waals surface area contributed by atoms with Gasteiger partial charge >= 0.3 is 0 Å². The number of aryl methyl sites for hydroxylation is 1. The van der Waals surface area contributed by atoms with Crippen LogP contribution in [0.4, 0.5) is 0 Å². The number of ether oxygens (including phenoxy) is 1. The molecule has 0 unspecified atom stereocenters. The minimum atomic E-state index is -0.147. The Bertz CT molecular complexity index is 1080.